The number of hydrogen-bond acceptors (Lipinski definition) is 7. The van der Waals surface area contributed by atoms with Crippen LogP contribution in [0.25, 0.3) is 0 Å². The van der Waals surface area contributed by atoms with Crippen LogP contribution < -0.4 is 5.32 Å². The molecule has 4 rings (SSSR count). The molecule has 2 aromatic heterocycles. The van der Waals surface area contributed by atoms with E-state index in [9.17, 15) is 4.79 Å². The number of para-hydroxylation sites is 1. The van der Waals surface area contributed by atoms with Gasteiger partial charge in [0.2, 0.25) is 11.8 Å². The van der Waals surface area contributed by atoms with Crippen LogP contribution in [0.5, 0.6) is 0 Å². The minimum absolute atomic E-state index is 0.0527. The lowest BCUT2D eigenvalue weighted by Gasteiger charge is -2.30. The van der Waals surface area contributed by atoms with Gasteiger partial charge in [-0.15, -0.1) is 0 Å². The van der Waals surface area contributed by atoms with Gasteiger partial charge in [-0.3, -0.25) is 4.79 Å². The van der Waals surface area contributed by atoms with Crippen molar-refractivity contribution in [1.29, 1.82) is 0 Å². The molecule has 0 atom stereocenters. The Morgan fingerprint density at radius 2 is 1.83 bits per heavy atom. The van der Waals surface area contributed by atoms with Crippen LogP contribution >= 0.6 is 0 Å². The third kappa shape index (κ3) is 4.42. The van der Waals surface area contributed by atoms with Crippen LogP contribution in [0.4, 0.5) is 11.6 Å². The average Bonchev–Trinajstić information content (AvgIpc) is 3.25. The lowest BCUT2D eigenvalue weighted by atomic mass is 9.96. The molecule has 0 spiro atoms. The molecule has 0 bridgehead atoms. The third-order valence-electron chi connectivity index (χ3n) is 5.03. The van der Waals surface area contributed by atoms with Crippen LogP contribution in [0.3, 0.4) is 0 Å². The van der Waals surface area contributed by atoms with E-state index in [1.54, 1.807) is 12.4 Å². The number of carbonyl (C=O) groups excluding carboxylic acids is 1. The summed E-state index contributed by atoms with van der Waals surface area (Å²) < 4.78 is 5.42. The van der Waals surface area contributed by atoms with E-state index in [0.717, 1.165) is 24.4 Å². The molecule has 0 radical (unpaired) electrons. The highest BCUT2D eigenvalue weighted by atomic mass is 16.5. The molecule has 1 aliphatic rings. The van der Waals surface area contributed by atoms with Gasteiger partial charge in [0.25, 0.3) is 5.91 Å². The van der Waals surface area contributed by atoms with Crippen LogP contribution in [0.2, 0.25) is 0 Å². The summed E-state index contributed by atoms with van der Waals surface area (Å²) in [7, 11) is 0. The molecule has 150 valence electrons. The van der Waals surface area contributed by atoms with Crippen molar-refractivity contribution >= 4 is 17.5 Å². The first-order valence-electron chi connectivity index (χ1n) is 9.87. The largest absolute Gasteiger partial charge is 0.339 e. The lowest BCUT2D eigenvalue weighted by molar-refractivity contribution is 0.0703. The van der Waals surface area contributed by atoms with Gasteiger partial charge in [-0.2, -0.15) is 4.98 Å². The number of carbonyl (C=O) groups is 1. The van der Waals surface area contributed by atoms with E-state index in [-0.39, 0.29) is 17.7 Å². The van der Waals surface area contributed by atoms with Gasteiger partial charge >= 0.3 is 0 Å². The van der Waals surface area contributed by atoms with Crippen LogP contribution in [0, 0.1) is 0 Å². The molecule has 8 heteroatoms. The van der Waals surface area contributed by atoms with E-state index < -0.39 is 0 Å². The zero-order valence-electron chi connectivity index (χ0n) is 16.6. The van der Waals surface area contributed by atoms with E-state index in [2.05, 4.69) is 25.4 Å². The Balaban J connectivity index is 1.34. The molecule has 0 unspecified atom stereocenters. The topological polar surface area (TPSA) is 97.0 Å². The molecule has 8 nitrogen and oxygen atoms in total. The van der Waals surface area contributed by atoms with E-state index in [1.165, 1.54) is 0 Å². The van der Waals surface area contributed by atoms with Crippen molar-refractivity contribution in [2.24, 2.45) is 0 Å². The fourth-order valence-electron chi connectivity index (χ4n) is 3.31. The Labute approximate surface area is 169 Å². The van der Waals surface area contributed by atoms with Crippen LogP contribution in [0.1, 0.15) is 60.6 Å². The number of anilines is 2. The second-order valence-electron chi connectivity index (χ2n) is 7.50. The number of hydrogen-bond donors (Lipinski definition) is 1. The predicted molar refractivity (Wildman–Crippen MR) is 108 cm³/mol. The number of aromatic nitrogens is 4. The molecular weight excluding hydrogens is 368 g/mol. The standard InChI is InChI=1S/C21H24N6O2/c1-14(2)18-25-19(29-26-18)15-8-10-27(11-9-15)20(28)16-12-22-21(23-13-16)24-17-6-4-3-5-7-17/h3-7,12-15H,8-11H2,1-2H3,(H,22,23,24). The molecule has 1 aliphatic heterocycles. The molecule has 0 aliphatic carbocycles. The normalized spacial score (nSPS) is 14.9. The Morgan fingerprint density at radius 1 is 1.14 bits per heavy atom. The van der Waals surface area contributed by atoms with Crippen molar-refractivity contribution in [2.45, 2.75) is 38.5 Å². The van der Waals surface area contributed by atoms with Gasteiger partial charge in [0.05, 0.1) is 5.56 Å². The van der Waals surface area contributed by atoms with Crippen molar-refractivity contribution in [3.05, 3.63) is 60.0 Å². The average molecular weight is 392 g/mol. The van der Waals surface area contributed by atoms with Gasteiger partial charge in [0, 0.05) is 43.0 Å². The monoisotopic (exact) mass is 392 g/mol. The fourth-order valence-corrected chi connectivity index (χ4v) is 3.31. The van der Waals surface area contributed by atoms with Gasteiger partial charge in [-0.1, -0.05) is 37.2 Å². The number of nitrogens with zero attached hydrogens (tertiary/aromatic N) is 5. The quantitative estimate of drug-likeness (QED) is 0.706. The highest BCUT2D eigenvalue weighted by Crippen LogP contribution is 2.28. The van der Waals surface area contributed by atoms with Crippen LogP contribution in [-0.2, 0) is 0 Å². The summed E-state index contributed by atoms with van der Waals surface area (Å²) in [5.74, 6) is 2.27. The molecule has 29 heavy (non-hydrogen) atoms. The third-order valence-corrected chi connectivity index (χ3v) is 5.03. The van der Waals surface area contributed by atoms with Crippen molar-refractivity contribution in [2.75, 3.05) is 18.4 Å². The number of amides is 1. The smallest absolute Gasteiger partial charge is 0.256 e. The van der Waals surface area contributed by atoms with Gasteiger partial charge in [-0.25, -0.2) is 9.97 Å². The minimum atomic E-state index is -0.0527. The van der Waals surface area contributed by atoms with E-state index in [1.807, 2.05) is 49.1 Å². The maximum absolute atomic E-state index is 12.8. The second kappa shape index (κ2) is 8.38. The summed E-state index contributed by atoms with van der Waals surface area (Å²) in [5.41, 5.74) is 1.39. The Morgan fingerprint density at radius 3 is 2.45 bits per heavy atom. The summed E-state index contributed by atoms with van der Waals surface area (Å²) in [4.78, 5) is 27.6. The zero-order valence-corrected chi connectivity index (χ0v) is 16.6. The molecule has 1 fully saturated rings. The van der Waals surface area contributed by atoms with Gasteiger partial charge < -0.3 is 14.7 Å². The highest BCUT2D eigenvalue weighted by Gasteiger charge is 2.28. The Hall–Kier alpha value is -3.29. The van der Waals surface area contributed by atoms with Gasteiger partial charge in [0.1, 0.15) is 0 Å². The van der Waals surface area contributed by atoms with E-state index in [0.29, 0.717) is 30.5 Å². The predicted octanol–water partition coefficient (Wildman–Crippen LogP) is 3.75. The number of benzene rings is 1. The van der Waals surface area contributed by atoms with Crippen LogP contribution in [0.15, 0.2) is 47.2 Å². The molecule has 1 aromatic carbocycles. The maximum atomic E-state index is 12.8. The van der Waals surface area contributed by atoms with Crippen LogP contribution in [-0.4, -0.2) is 44.0 Å². The van der Waals surface area contributed by atoms with E-state index >= 15 is 0 Å². The second-order valence-corrected chi connectivity index (χ2v) is 7.50. The molecule has 3 aromatic rings. The molecule has 0 saturated carbocycles. The summed E-state index contributed by atoms with van der Waals surface area (Å²) in [5, 5.41) is 7.15. The zero-order chi connectivity index (χ0) is 20.2. The highest BCUT2D eigenvalue weighted by molar-refractivity contribution is 5.93. The Kier molecular flexibility index (Phi) is 5.50. The fraction of sp³-hybridized carbons (Fsp3) is 0.381. The van der Waals surface area contributed by atoms with Crippen molar-refractivity contribution in [3.8, 4) is 0 Å². The number of nitrogens with one attached hydrogen (secondary N) is 1. The molecular formula is C21H24N6O2. The number of rotatable bonds is 5. The van der Waals surface area contributed by atoms with Gasteiger partial charge in [-0.05, 0) is 25.0 Å². The molecule has 3 heterocycles. The minimum Gasteiger partial charge on any atom is -0.339 e. The summed E-state index contributed by atoms with van der Waals surface area (Å²) >= 11 is 0. The van der Waals surface area contributed by atoms with Crippen molar-refractivity contribution in [1.82, 2.24) is 25.0 Å². The van der Waals surface area contributed by atoms with Crippen molar-refractivity contribution in [3.63, 3.8) is 0 Å². The number of likely N-dealkylation sites (tertiary alicyclic amines) is 1. The van der Waals surface area contributed by atoms with Crippen molar-refractivity contribution < 1.29 is 9.32 Å². The maximum Gasteiger partial charge on any atom is 0.256 e. The first-order chi connectivity index (χ1) is 14.1. The number of piperidine rings is 1. The molecule has 1 saturated heterocycles. The SMILES string of the molecule is CC(C)c1noc(C2CCN(C(=O)c3cnc(Nc4ccccc4)nc3)CC2)n1. The summed E-state index contributed by atoms with van der Waals surface area (Å²) in [6, 6.07) is 9.67. The first-order valence-corrected chi connectivity index (χ1v) is 9.87. The first kappa shape index (κ1) is 19.0. The molecule has 1 N–H and O–H groups in total. The Bertz CT molecular complexity index is 947. The van der Waals surface area contributed by atoms with E-state index in [4.69, 9.17) is 4.52 Å². The molecule has 1 amide bonds. The summed E-state index contributed by atoms with van der Waals surface area (Å²) in [6.45, 7) is 5.37. The summed E-state index contributed by atoms with van der Waals surface area (Å²) in [6.07, 6.45) is 4.75. The van der Waals surface area contributed by atoms with Gasteiger partial charge in [0.15, 0.2) is 5.82 Å². The lowest BCUT2D eigenvalue weighted by Crippen LogP contribution is -2.38.